The summed E-state index contributed by atoms with van der Waals surface area (Å²) in [6.07, 6.45) is 4.67. The third kappa shape index (κ3) is 5.73. The zero-order valence-electron chi connectivity index (χ0n) is 16.5. The van der Waals surface area contributed by atoms with Gasteiger partial charge >= 0.3 is 0 Å². The van der Waals surface area contributed by atoms with Crippen LogP contribution < -0.4 is 4.74 Å². The van der Waals surface area contributed by atoms with Crippen molar-refractivity contribution in [2.75, 3.05) is 13.6 Å². The lowest BCUT2D eigenvalue weighted by molar-refractivity contribution is 0.452. The van der Waals surface area contributed by atoms with Gasteiger partial charge in [-0.15, -0.1) is 0 Å². The standard InChI is InChI=1S/C20H28N4OS/c1-7-16(5)26-20-21-10-9-19(23-20)25-18-12-14(3)17(11-15(18)4)22-13-24(6)8-2/h9-13,16H,7-8H2,1-6H3/b22-13+/t16-/m1/s1. The topological polar surface area (TPSA) is 50.6 Å². The largest absolute Gasteiger partial charge is 0.439 e. The Morgan fingerprint density at radius 3 is 2.73 bits per heavy atom. The highest BCUT2D eigenvalue weighted by Gasteiger charge is 2.10. The minimum absolute atomic E-state index is 0.479. The van der Waals surface area contributed by atoms with Gasteiger partial charge in [-0.3, -0.25) is 0 Å². The molecule has 0 amide bonds. The van der Waals surface area contributed by atoms with Crippen LogP contribution in [0.15, 0.2) is 34.5 Å². The SMILES string of the molecule is CC[C@@H](C)Sc1nccc(Oc2cc(C)c(/N=C/N(C)CC)cc2C)n1. The smallest absolute Gasteiger partial charge is 0.223 e. The van der Waals surface area contributed by atoms with E-state index in [0.29, 0.717) is 11.1 Å². The van der Waals surface area contributed by atoms with Crippen LogP contribution in [0.5, 0.6) is 11.6 Å². The Balaban J connectivity index is 2.18. The lowest BCUT2D eigenvalue weighted by Gasteiger charge is -2.13. The maximum absolute atomic E-state index is 6.02. The molecule has 6 heteroatoms. The van der Waals surface area contributed by atoms with Gasteiger partial charge in [0.1, 0.15) is 5.75 Å². The molecule has 0 N–H and O–H groups in total. The van der Waals surface area contributed by atoms with Gasteiger partial charge in [0.25, 0.3) is 0 Å². The Labute approximate surface area is 160 Å². The van der Waals surface area contributed by atoms with Crippen LogP contribution in [0, 0.1) is 13.8 Å². The van der Waals surface area contributed by atoms with Crippen LogP contribution in [0.1, 0.15) is 38.3 Å². The average molecular weight is 373 g/mol. The quantitative estimate of drug-likeness (QED) is 0.269. The van der Waals surface area contributed by atoms with E-state index in [0.717, 1.165) is 40.7 Å². The van der Waals surface area contributed by atoms with Crippen LogP contribution in [0.4, 0.5) is 5.69 Å². The van der Waals surface area contributed by atoms with Crippen LogP contribution in [0.25, 0.3) is 0 Å². The highest BCUT2D eigenvalue weighted by molar-refractivity contribution is 7.99. The minimum atomic E-state index is 0.479. The molecule has 0 aliphatic heterocycles. The Morgan fingerprint density at radius 2 is 2.04 bits per heavy atom. The normalized spacial score (nSPS) is 12.4. The molecule has 1 atom stereocenters. The van der Waals surface area contributed by atoms with Crippen LogP contribution in [0.3, 0.4) is 0 Å². The van der Waals surface area contributed by atoms with Gasteiger partial charge in [-0.1, -0.05) is 25.6 Å². The number of ether oxygens (including phenoxy) is 1. The molecule has 0 saturated heterocycles. The number of hydrogen-bond acceptors (Lipinski definition) is 5. The van der Waals surface area contributed by atoms with Crippen LogP contribution in [-0.4, -0.2) is 40.0 Å². The van der Waals surface area contributed by atoms with E-state index in [1.54, 1.807) is 24.0 Å². The minimum Gasteiger partial charge on any atom is -0.439 e. The number of aromatic nitrogens is 2. The van der Waals surface area contributed by atoms with E-state index in [2.05, 4.69) is 35.7 Å². The Hall–Kier alpha value is -2.08. The Bertz CT molecular complexity index is 763. The van der Waals surface area contributed by atoms with Crippen molar-refractivity contribution in [2.45, 2.75) is 51.4 Å². The molecule has 1 heterocycles. The summed E-state index contributed by atoms with van der Waals surface area (Å²) in [5.74, 6) is 1.36. The highest BCUT2D eigenvalue weighted by atomic mass is 32.2. The van der Waals surface area contributed by atoms with Crippen LogP contribution in [-0.2, 0) is 0 Å². The Kier molecular flexibility index (Phi) is 7.45. The molecule has 140 valence electrons. The predicted molar refractivity (Wildman–Crippen MR) is 110 cm³/mol. The monoisotopic (exact) mass is 372 g/mol. The summed E-state index contributed by atoms with van der Waals surface area (Å²) in [6.45, 7) is 11.4. The van der Waals surface area contributed by atoms with Gasteiger partial charge in [0.15, 0.2) is 5.16 Å². The zero-order valence-corrected chi connectivity index (χ0v) is 17.3. The highest BCUT2D eigenvalue weighted by Crippen LogP contribution is 2.31. The Morgan fingerprint density at radius 1 is 1.27 bits per heavy atom. The number of rotatable bonds is 8. The first kappa shape index (κ1) is 20.2. The van der Waals surface area contributed by atoms with Crippen molar-refractivity contribution in [3.05, 3.63) is 35.5 Å². The van der Waals surface area contributed by atoms with Crippen molar-refractivity contribution < 1.29 is 4.74 Å². The van der Waals surface area contributed by atoms with Gasteiger partial charge in [-0.2, -0.15) is 4.98 Å². The predicted octanol–water partition coefficient (Wildman–Crippen LogP) is 5.39. The molecule has 0 unspecified atom stereocenters. The van der Waals surface area contributed by atoms with E-state index in [1.807, 2.05) is 44.3 Å². The van der Waals surface area contributed by atoms with E-state index in [9.17, 15) is 0 Å². The van der Waals surface area contributed by atoms with Crippen LogP contribution in [0.2, 0.25) is 0 Å². The summed E-state index contributed by atoms with van der Waals surface area (Å²) in [7, 11) is 2.01. The van der Waals surface area contributed by atoms with Crippen molar-refractivity contribution in [3.63, 3.8) is 0 Å². The second-order valence-electron chi connectivity index (χ2n) is 6.34. The average Bonchev–Trinajstić information content (AvgIpc) is 2.63. The summed E-state index contributed by atoms with van der Waals surface area (Å²) < 4.78 is 6.02. The molecule has 0 spiro atoms. The van der Waals surface area contributed by atoms with E-state index in [-0.39, 0.29) is 0 Å². The first-order chi connectivity index (χ1) is 12.4. The van der Waals surface area contributed by atoms with Crippen molar-refractivity contribution in [1.82, 2.24) is 14.9 Å². The molecule has 0 radical (unpaired) electrons. The molecule has 0 saturated carbocycles. The fourth-order valence-electron chi connectivity index (χ4n) is 2.08. The summed E-state index contributed by atoms with van der Waals surface area (Å²) in [5, 5.41) is 1.22. The van der Waals surface area contributed by atoms with Gasteiger partial charge in [0.2, 0.25) is 5.88 Å². The number of aryl methyl sites for hydroxylation is 2. The molecule has 0 aliphatic carbocycles. The van der Waals surface area contributed by atoms with Gasteiger partial charge in [0, 0.05) is 31.1 Å². The van der Waals surface area contributed by atoms with Gasteiger partial charge in [0.05, 0.1) is 12.0 Å². The summed E-state index contributed by atoms with van der Waals surface area (Å²) in [4.78, 5) is 15.4. The molecule has 26 heavy (non-hydrogen) atoms. The van der Waals surface area contributed by atoms with Crippen molar-refractivity contribution in [2.24, 2.45) is 4.99 Å². The molecule has 5 nitrogen and oxygen atoms in total. The molecule has 1 aromatic carbocycles. The van der Waals surface area contributed by atoms with Crippen molar-refractivity contribution in [1.29, 1.82) is 0 Å². The van der Waals surface area contributed by atoms with Crippen molar-refractivity contribution in [3.8, 4) is 11.6 Å². The third-order valence-electron chi connectivity index (χ3n) is 4.09. The maximum atomic E-state index is 6.02. The number of benzene rings is 1. The number of aliphatic imine (C=N–C) groups is 1. The third-order valence-corrected chi connectivity index (χ3v) is 5.23. The molecule has 1 aromatic heterocycles. The van der Waals surface area contributed by atoms with E-state index < -0.39 is 0 Å². The lowest BCUT2D eigenvalue weighted by atomic mass is 10.1. The van der Waals surface area contributed by atoms with E-state index >= 15 is 0 Å². The summed E-state index contributed by atoms with van der Waals surface area (Å²) >= 11 is 1.66. The molecular formula is C20H28N4OS. The van der Waals surface area contributed by atoms with Gasteiger partial charge in [-0.05, 0) is 50.5 Å². The second-order valence-corrected chi connectivity index (χ2v) is 7.74. The molecule has 2 aromatic rings. The second kappa shape index (κ2) is 9.57. The first-order valence-electron chi connectivity index (χ1n) is 8.96. The molecular weight excluding hydrogens is 344 g/mol. The van der Waals surface area contributed by atoms with Gasteiger partial charge < -0.3 is 9.64 Å². The maximum Gasteiger partial charge on any atom is 0.223 e. The number of thioether (sulfide) groups is 1. The fraction of sp³-hybridized carbons (Fsp3) is 0.450. The summed E-state index contributed by atoms with van der Waals surface area (Å²) in [5.41, 5.74) is 3.04. The fourth-order valence-corrected chi connectivity index (χ4v) is 2.87. The number of nitrogens with zero attached hydrogens (tertiary/aromatic N) is 4. The van der Waals surface area contributed by atoms with E-state index in [1.165, 1.54) is 0 Å². The molecule has 2 rings (SSSR count). The van der Waals surface area contributed by atoms with Crippen molar-refractivity contribution >= 4 is 23.8 Å². The molecule has 0 aliphatic rings. The van der Waals surface area contributed by atoms with Gasteiger partial charge in [-0.25, -0.2) is 9.98 Å². The zero-order chi connectivity index (χ0) is 19.1. The summed E-state index contributed by atoms with van der Waals surface area (Å²) in [6, 6.07) is 5.84. The molecule has 0 bridgehead atoms. The van der Waals surface area contributed by atoms with Crippen LogP contribution >= 0.6 is 11.8 Å². The molecule has 0 fully saturated rings. The number of hydrogen-bond donors (Lipinski definition) is 0. The lowest BCUT2D eigenvalue weighted by Crippen LogP contribution is -2.14. The first-order valence-corrected chi connectivity index (χ1v) is 9.84. The van der Waals surface area contributed by atoms with E-state index in [4.69, 9.17) is 4.74 Å².